The normalized spacial score (nSPS) is 11.6. The Morgan fingerprint density at radius 2 is 2.00 bits per heavy atom. The highest BCUT2D eigenvalue weighted by Gasteiger charge is 2.17. The number of aryl methyl sites for hydroxylation is 3. The molecule has 0 aliphatic rings. The average Bonchev–Trinajstić information content (AvgIpc) is 2.95. The molecule has 0 atom stereocenters. The Morgan fingerprint density at radius 3 is 2.81 bits per heavy atom. The first kappa shape index (κ1) is 12.1. The van der Waals surface area contributed by atoms with Crippen LogP contribution in [-0.4, -0.2) is 9.97 Å². The lowest BCUT2D eigenvalue weighted by atomic mass is 10.0. The van der Waals surface area contributed by atoms with Crippen LogP contribution in [0.25, 0.3) is 33.5 Å². The zero-order valence-electron chi connectivity index (χ0n) is 12.0. The molecule has 0 N–H and O–H groups in total. The second-order valence-electron chi connectivity index (χ2n) is 5.21. The third-order valence-electron chi connectivity index (χ3n) is 3.70. The fourth-order valence-electron chi connectivity index (χ4n) is 2.69. The topological polar surface area (TPSA) is 55.9 Å². The number of hydrogen-bond acceptors (Lipinski definition) is 4. The number of oxazole rings is 1. The van der Waals surface area contributed by atoms with E-state index in [1.165, 1.54) is 0 Å². The summed E-state index contributed by atoms with van der Waals surface area (Å²) < 4.78 is 13.2. The van der Waals surface area contributed by atoms with E-state index in [9.17, 15) is 0 Å². The molecule has 0 fully saturated rings. The van der Waals surface area contributed by atoms with Gasteiger partial charge in [0.25, 0.3) is 6.33 Å². The number of rotatable bonds is 1. The van der Waals surface area contributed by atoms with E-state index in [1.54, 1.807) is 12.5 Å². The zero-order chi connectivity index (χ0) is 14.6. The second-order valence-corrected chi connectivity index (χ2v) is 5.21. The number of nitrogens with zero attached hydrogens (tertiary/aromatic N) is 3. The van der Waals surface area contributed by atoms with Gasteiger partial charge in [0.05, 0.1) is 12.4 Å². The van der Waals surface area contributed by atoms with E-state index in [-0.39, 0.29) is 0 Å². The van der Waals surface area contributed by atoms with Gasteiger partial charge in [-0.3, -0.25) is 0 Å². The van der Waals surface area contributed by atoms with Crippen LogP contribution in [0.5, 0.6) is 0 Å². The highest BCUT2D eigenvalue weighted by atomic mass is 16.5. The van der Waals surface area contributed by atoms with Crippen LogP contribution < -0.4 is 4.57 Å². The van der Waals surface area contributed by atoms with Gasteiger partial charge in [-0.2, -0.15) is 0 Å². The van der Waals surface area contributed by atoms with Crippen molar-refractivity contribution in [3.05, 3.63) is 42.2 Å². The maximum Gasteiger partial charge on any atom is 0.319 e. The van der Waals surface area contributed by atoms with E-state index in [2.05, 4.69) is 23.0 Å². The molecular weight excluding hydrogens is 266 g/mol. The fraction of sp³-hybridized carbons (Fsp3) is 0.188. The molecule has 0 saturated carbocycles. The number of aromatic nitrogens is 3. The second kappa shape index (κ2) is 4.15. The van der Waals surface area contributed by atoms with Crippen LogP contribution in [0.1, 0.15) is 11.5 Å². The molecule has 104 valence electrons. The molecule has 1 aromatic carbocycles. The van der Waals surface area contributed by atoms with Crippen molar-refractivity contribution in [3.63, 3.8) is 0 Å². The van der Waals surface area contributed by atoms with Crippen LogP contribution >= 0.6 is 0 Å². The highest BCUT2D eigenvalue weighted by molar-refractivity contribution is 6.02. The molecule has 5 heteroatoms. The lowest BCUT2D eigenvalue weighted by Crippen LogP contribution is -2.31. The standard InChI is InChI=1S/C16H14N3O2/c1-9-6-12-14(21-16-15(12)18-10(2)20-16)7-11(9)13-4-5-17-8-19(13)3/h4-8H,1-3H3/q+1. The molecule has 0 aliphatic heterocycles. The molecule has 0 spiro atoms. The summed E-state index contributed by atoms with van der Waals surface area (Å²) in [5.74, 6) is 1.10. The quantitative estimate of drug-likeness (QED) is 0.503. The summed E-state index contributed by atoms with van der Waals surface area (Å²) in [6, 6.07) is 6.12. The molecule has 3 aromatic heterocycles. The Bertz CT molecular complexity index is 982. The molecule has 4 aromatic rings. The van der Waals surface area contributed by atoms with Gasteiger partial charge in [0.1, 0.15) is 17.5 Å². The van der Waals surface area contributed by atoms with Gasteiger partial charge in [0.2, 0.25) is 0 Å². The highest BCUT2D eigenvalue weighted by Crippen LogP contribution is 2.33. The van der Waals surface area contributed by atoms with E-state index < -0.39 is 0 Å². The van der Waals surface area contributed by atoms with Crippen molar-refractivity contribution < 1.29 is 13.4 Å². The smallest absolute Gasteiger partial charge is 0.319 e. The monoisotopic (exact) mass is 280 g/mol. The maximum atomic E-state index is 5.78. The number of benzene rings is 1. The fourth-order valence-corrected chi connectivity index (χ4v) is 2.69. The van der Waals surface area contributed by atoms with Crippen molar-refractivity contribution in [1.29, 1.82) is 0 Å². The van der Waals surface area contributed by atoms with Gasteiger partial charge in [-0.1, -0.05) is 4.98 Å². The minimum Gasteiger partial charge on any atom is -0.424 e. The van der Waals surface area contributed by atoms with Gasteiger partial charge in [0, 0.05) is 18.6 Å². The molecular formula is C16H14N3O2+. The molecule has 21 heavy (non-hydrogen) atoms. The van der Waals surface area contributed by atoms with E-state index in [1.807, 2.05) is 30.7 Å². The SMILES string of the molecule is Cc1nc2c(o1)oc1cc(-c3ccnc[n+]3C)c(C)cc12. The van der Waals surface area contributed by atoms with Crippen LogP contribution in [0.3, 0.4) is 0 Å². The summed E-state index contributed by atoms with van der Waals surface area (Å²) in [4.78, 5) is 8.50. The summed E-state index contributed by atoms with van der Waals surface area (Å²) >= 11 is 0. The molecule has 4 rings (SSSR count). The number of hydrogen-bond donors (Lipinski definition) is 0. The van der Waals surface area contributed by atoms with E-state index >= 15 is 0 Å². The first-order valence-corrected chi connectivity index (χ1v) is 6.74. The van der Waals surface area contributed by atoms with Gasteiger partial charge in [0.15, 0.2) is 11.4 Å². The predicted molar refractivity (Wildman–Crippen MR) is 77.7 cm³/mol. The summed E-state index contributed by atoms with van der Waals surface area (Å²) in [5.41, 5.74) is 4.93. The van der Waals surface area contributed by atoms with Crippen LogP contribution in [0.2, 0.25) is 0 Å². The molecule has 0 saturated heterocycles. The summed E-state index contributed by atoms with van der Waals surface area (Å²) in [7, 11) is 1.98. The van der Waals surface area contributed by atoms with Gasteiger partial charge < -0.3 is 8.83 Å². The summed E-state index contributed by atoms with van der Waals surface area (Å²) in [5, 5.41) is 0.986. The average molecular weight is 280 g/mol. The van der Waals surface area contributed by atoms with Crippen molar-refractivity contribution in [2.75, 3.05) is 0 Å². The molecule has 0 aliphatic carbocycles. The summed E-state index contributed by atoms with van der Waals surface area (Å²) in [6.07, 6.45) is 3.58. The van der Waals surface area contributed by atoms with Crippen LogP contribution in [-0.2, 0) is 7.05 Å². The Hall–Kier alpha value is -2.69. The van der Waals surface area contributed by atoms with Gasteiger partial charge in [-0.25, -0.2) is 9.55 Å². The number of fused-ring (bicyclic) bond motifs is 3. The largest absolute Gasteiger partial charge is 0.424 e. The Kier molecular flexibility index (Phi) is 2.39. The van der Waals surface area contributed by atoms with Crippen LogP contribution in [0.15, 0.2) is 39.6 Å². The minimum atomic E-state index is 0.484. The molecule has 0 amide bonds. The van der Waals surface area contributed by atoms with E-state index in [0.29, 0.717) is 11.7 Å². The zero-order valence-corrected chi connectivity index (χ0v) is 12.0. The molecule has 3 heterocycles. The van der Waals surface area contributed by atoms with Gasteiger partial charge >= 0.3 is 5.78 Å². The Labute approximate surface area is 120 Å². The van der Waals surface area contributed by atoms with Crippen LogP contribution in [0.4, 0.5) is 0 Å². The van der Waals surface area contributed by atoms with Crippen molar-refractivity contribution >= 4 is 22.3 Å². The maximum absolute atomic E-state index is 5.78. The minimum absolute atomic E-state index is 0.484. The van der Waals surface area contributed by atoms with Crippen LogP contribution in [0, 0.1) is 13.8 Å². The van der Waals surface area contributed by atoms with Gasteiger partial charge in [-0.15, -0.1) is 0 Å². The van der Waals surface area contributed by atoms with Crippen molar-refractivity contribution in [3.8, 4) is 11.3 Å². The lowest BCUT2D eigenvalue weighted by Gasteiger charge is -2.05. The van der Waals surface area contributed by atoms with E-state index in [0.717, 1.165) is 33.3 Å². The third-order valence-corrected chi connectivity index (χ3v) is 3.70. The van der Waals surface area contributed by atoms with E-state index in [4.69, 9.17) is 8.83 Å². The van der Waals surface area contributed by atoms with Crippen molar-refractivity contribution in [2.24, 2.45) is 7.05 Å². The Balaban J connectivity index is 2.03. The van der Waals surface area contributed by atoms with Crippen molar-refractivity contribution in [1.82, 2.24) is 9.97 Å². The molecule has 0 unspecified atom stereocenters. The predicted octanol–water partition coefficient (Wildman–Crippen LogP) is 3.08. The van der Waals surface area contributed by atoms with Crippen molar-refractivity contribution in [2.45, 2.75) is 13.8 Å². The number of furan rings is 1. The molecule has 0 radical (unpaired) electrons. The first-order valence-electron chi connectivity index (χ1n) is 6.74. The molecule has 0 bridgehead atoms. The molecule has 5 nitrogen and oxygen atoms in total. The third kappa shape index (κ3) is 1.74. The summed E-state index contributed by atoms with van der Waals surface area (Å²) in [6.45, 7) is 3.90. The first-order chi connectivity index (χ1) is 10.1. The lowest BCUT2D eigenvalue weighted by molar-refractivity contribution is -0.663. The van der Waals surface area contributed by atoms with Gasteiger partial charge in [-0.05, 0) is 24.6 Å². The Morgan fingerprint density at radius 1 is 1.14 bits per heavy atom.